The van der Waals surface area contributed by atoms with E-state index in [1.54, 1.807) is 12.1 Å². The minimum absolute atomic E-state index is 0.0472. The number of hydrogen-bond donors (Lipinski definition) is 3. The summed E-state index contributed by atoms with van der Waals surface area (Å²) < 4.78 is 4.55. The monoisotopic (exact) mass is 351 g/mol. The van der Waals surface area contributed by atoms with Crippen molar-refractivity contribution in [2.45, 2.75) is 12.3 Å². The first-order chi connectivity index (χ1) is 11.4. The predicted octanol–water partition coefficient (Wildman–Crippen LogP) is 0.923. The lowest BCUT2D eigenvalue weighted by Gasteiger charge is -2.18. The first kappa shape index (κ1) is 17.5. The first-order valence-corrected chi connectivity index (χ1v) is 7.16. The SMILES string of the molecule is COC(=O)c1c[nH]c(=O)c(C(CC(N)=O)c2cccnc2Cl)c1O. The molecule has 1 unspecified atom stereocenters. The number of nitrogens with zero attached hydrogens (tertiary/aromatic N) is 1. The summed E-state index contributed by atoms with van der Waals surface area (Å²) in [6, 6.07) is 3.11. The van der Waals surface area contributed by atoms with Crippen LogP contribution in [0, 0.1) is 0 Å². The molecule has 0 aliphatic rings. The number of aromatic hydroxyl groups is 1. The molecule has 1 atom stereocenters. The quantitative estimate of drug-likeness (QED) is 0.541. The zero-order chi connectivity index (χ0) is 17.9. The average Bonchev–Trinajstić information content (AvgIpc) is 2.53. The van der Waals surface area contributed by atoms with Gasteiger partial charge in [0, 0.05) is 24.7 Å². The van der Waals surface area contributed by atoms with Gasteiger partial charge in [-0.1, -0.05) is 17.7 Å². The number of amides is 1. The Morgan fingerprint density at radius 2 is 2.21 bits per heavy atom. The van der Waals surface area contributed by atoms with Crippen LogP contribution in [0.25, 0.3) is 0 Å². The second kappa shape index (κ2) is 7.14. The van der Waals surface area contributed by atoms with Gasteiger partial charge in [-0.3, -0.25) is 9.59 Å². The number of hydrogen-bond acceptors (Lipinski definition) is 6. The Morgan fingerprint density at radius 1 is 1.50 bits per heavy atom. The van der Waals surface area contributed by atoms with Gasteiger partial charge >= 0.3 is 5.97 Å². The van der Waals surface area contributed by atoms with Gasteiger partial charge < -0.3 is 20.6 Å². The summed E-state index contributed by atoms with van der Waals surface area (Å²) in [5.74, 6) is -3.14. The van der Waals surface area contributed by atoms with Gasteiger partial charge in [0.2, 0.25) is 5.91 Å². The van der Waals surface area contributed by atoms with Crippen molar-refractivity contribution in [3.8, 4) is 5.75 Å². The van der Waals surface area contributed by atoms with Crippen molar-refractivity contribution in [3.63, 3.8) is 0 Å². The van der Waals surface area contributed by atoms with E-state index in [4.69, 9.17) is 17.3 Å². The lowest BCUT2D eigenvalue weighted by molar-refractivity contribution is -0.118. The number of primary amides is 1. The number of carbonyl (C=O) groups is 2. The van der Waals surface area contributed by atoms with Crippen molar-refractivity contribution in [2.24, 2.45) is 5.73 Å². The van der Waals surface area contributed by atoms with Crippen LogP contribution in [0.5, 0.6) is 5.75 Å². The van der Waals surface area contributed by atoms with Crippen molar-refractivity contribution in [1.82, 2.24) is 9.97 Å². The van der Waals surface area contributed by atoms with Crippen molar-refractivity contribution in [1.29, 1.82) is 0 Å². The Balaban J connectivity index is 2.71. The van der Waals surface area contributed by atoms with E-state index in [0.717, 1.165) is 13.3 Å². The molecule has 24 heavy (non-hydrogen) atoms. The minimum atomic E-state index is -0.975. The highest BCUT2D eigenvalue weighted by molar-refractivity contribution is 6.30. The van der Waals surface area contributed by atoms with Crippen LogP contribution in [0.4, 0.5) is 0 Å². The molecule has 9 heteroatoms. The number of nitrogens with two attached hydrogens (primary N) is 1. The molecule has 4 N–H and O–H groups in total. The summed E-state index contributed by atoms with van der Waals surface area (Å²) in [7, 11) is 1.13. The molecule has 2 rings (SSSR count). The van der Waals surface area contributed by atoms with E-state index in [1.165, 1.54) is 6.20 Å². The van der Waals surface area contributed by atoms with Gasteiger partial charge in [-0.05, 0) is 11.6 Å². The van der Waals surface area contributed by atoms with Crippen LogP contribution in [0.3, 0.4) is 0 Å². The standard InChI is InChI=1S/C15H14ClN3O5/c1-24-15(23)9-6-19-14(22)11(12(9)21)8(5-10(17)20)7-3-2-4-18-13(7)16/h2-4,6,8H,5H2,1H3,(H2,17,20)(H2,19,21,22). The zero-order valence-electron chi connectivity index (χ0n) is 12.6. The molecule has 2 heterocycles. The van der Waals surface area contributed by atoms with Gasteiger partial charge in [0.1, 0.15) is 16.5 Å². The lowest BCUT2D eigenvalue weighted by atomic mass is 9.88. The third kappa shape index (κ3) is 3.38. The maximum Gasteiger partial charge on any atom is 0.343 e. The van der Waals surface area contributed by atoms with E-state index in [-0.39, 0.29) is 22.7 Å². The third-order valence-electron chi connectivity index (χ3n) is 3.42. The fourth-order valence-electron chi connectivity index (χ4n) is 2.35. The second-order valence-corrected chi connectivity index (χ2v) is 5.25. The highest BCUT2D eigenvalue weighted by Crippen LogP contribution is 2.35. The van der Waals surface area contributed by atoms with Crippen molar-refractivity contribution in [3.05, 3.63) is 56.7 Å². The maximum absolute atomic E-state index is 12.2. The number of esters is 1. The van der Waals surface area contributed by atoms with E-state index in [2.05, 4.69) is 14.7 Å². The van der Waals surface area contributed by atoms with Crippen LogP contribution < -0.4 is 11.3 Å². The zero-order valence-corrected chi connectivity index (χ0v) is 13.3. The van der Waals surface area contributed by atoms with E-state index in [0.29, 0.717) is 5.56 Å². The first-order valence-electron chi connectivity index (χ1n) is 6.78. The van der Waals surface area contributed by atoms with E-state index in [9.17, 15) is 19.5 Å². The van der Waals surface area contributed by atoms with Crippen LogP contribution in [0.1, 0.15) is 33.8 Å². The van der Waals surface area contributed by atoms with Gasteiger partial charge in [-0.2, -0.15) is 0 Å². The maximum atomic E-state index is 12.2. The molecule has 126 valence electrons. The normalized spacial score (nSPS) is 11.8. The number of rotatable bonds is 5. The Bertz CT molecular complexity index is 849. The molecule has 0 spiro atoms. The molecule has 0 bridgehead atoms. The summed E-state index contributed by atoms with van der Waals surface area (Å²) in [5, 5.41) is 10.4. The summed E-state index contributed by atoms with van der Waals surface area (Å²) in [5.41, 5.74) is 4.42. The molecule has 0 radical (unpaired) electrons. The summed E-state index contributed by atoms with van der Waals surface area (Å²) in [6.07, 6.45) is 2.15. The average molecular weight is 352 g/mol. The molecule has 0 aliphatic heterocycles. The Hall–Kier alpha value is -2.87. The smallest absolute Gasteiger partial charge is 0.343 e. The van der Waals surface area contributed by atoms with Crippen molar-refractivity contribution in [2.75, 3.05) is 7.11 Å². The molecule has 1 amide bonds. The minimum Gasteiger partial charge on any atom is -0.506 e. The highest BCUT2D eigenvalue weighted by Gasteiger charge is 2.28. The van der Waals surface area contributed by atoms with Crippen LogP contribution >= 0.6 is 11.6 Å². The van der Waals surface area contributed by atoms with Gasteiger partial charge in [0.15, 0.2) is 0 Å². The predicted molar refractivity (Wildman–Crippen MR) is 85.0 cm³/mol. The Kier molecular flexibility index (Phi) is 5.20. The molecule has 8 nitrogen and oxygen atoms in total. The number of halogens is 1. The van der Waals surface area contributed by atoms with Gasteiger partial charge in [-0.15, -0.1) is 0 Å². The number of ether oxygens (including phenoxy) is 1. The topological polar surface area (TPSA) is 135 Å². The molecule has 0 saturated heterocycles. The molecule has 0 aliphatic carbocycles. The number of aromatic amines is 1. The van der Waals surface area contributed by atoms with E-state index in [1.807, 2.05) is 0 Å². The van der Waals surface area contributed by atoms with Crippen LogP contribution in [0.15, 0.2) is 29.3 Å². The second-order valence-electron chi connectivity index (χ2n) is 4.89. The van der Waals surface area contributed by atoms with Crippen LogP contribution in [-0.2, 0) is 9.53 Å². The Morgan fingerprint density at radius 3 is 2.79 bits per heavy atom. The van der Waals surface area contributed by atoms with Gasteiger partial charge in [0.25, 0.3) is 5.56 Å². The highest BCUT2D eigenvalue weighted by atomic mass is 35.5. The molecule has 2 aromatic heterocycles. The largest absolute Gasteiger partial charge is 0.506 e. The number of methoxy groups -OCH3 is 1. The summed E-state index contributed by atoms with van der Waals surface area (Å²) in [4.78, 5) is 41.6. The molecular formula is C15H14ClN3O5. The van der Waals surface area contributed by atoms with Crippen molar-refractivity contribution >= 4 is 23.5 Å². The van der Waals surface area contributed by atoms with Gasteiger partial charge in [-0.25, -0.2) is 9.78 Å². The third-order valence-corrected chi connectivity index (χ3v) is 3.74. The van der Waals surface area contributed by atoms with E-state index >= 15 is 0 Å². The van der Waals surface area contributed by atoms with Crippen molar-refractivity contribution < 1.29 is 19.4 Å². The number of aromatic nitrogens is 2. The number of nitrogens with one attached hydrogen (secondary N) is 1. The molecular weight excluding hydrogens is 338 g/mol. The molecule has 0 fully saturated rings. The lowest BCUT2D eigenvalue weighted by Crippen LogP contribution is -2.24. The van der Waals surface area contributed by atoms with Gasteiger partial charge in [0.05, 0.1) is 12.7 Å². The fourth-order valence-corrected chi connectivity index (χ4v) is 2.60. The molecule has 0 saturated carbocycles. The number of carbonyl (C=O) groups excluding carboxylic acids is 2. The number of H-pyrrole nitrogens is 1. The summed E-state index contributed by atoms with van der Waals surface area (Å²) >= 11 is 6.04. The van der Waals surface area contributed by atoms with Crippen LogP contribution in [-0.4, -0.2) is 34.1 Å². The van der Waals surface area contributed by atoms with Crippen LogP contribution in [0.2, 0.25) is 5.15 Å². The number of pyridine rings is 2. The molecule has 0 aromatic carbocycles. The van der Waals surface area contributed by atoms with E-state index < -0.39 is 29.1 Å². The molecule has 2 aromatic rings. The summed E-state index contributed by atoms with van der Waals surface area (Å²) in [6.45, 7) is 0. The fraction of sp³-hybridized carbons (Fsp3) is 0.200. The Labute approximate surface area is 141 Å².